The molecule has 1 saturated heterocycles. The third-order valence-electron chi connectivity index (χ3n) is 2.31. The molecule has 8 nitrogen and oxygen atoms in total. The first-order valence-electron chi connectivity index (χ1n) is 5.19. The molecule has 1 heterocycles. The summed E-state index contributed by atoms with van der Waals surface area (Å²) >= 11 is 0.859. The molecular formula is C8H17N5O3S2. The maximum Gasteiger partial charge on any atom is 0.265 e. The number of amidine groups is 1. The number of amides is 1. The lowest BCUT2D eigenvalue weighted by atomic mass is 10.1. The highest BCUT2D eigenvalue weighted by Crippen LogP contribution is 2.23. The van der Waals surface area contributed by atoms with Crippen molar-refractivity contribution >= 4 is 32.9 Å². The number of carbonyl (C=O) groups is 1. The van der Waals surface area contributed by atoms with Gasteiger partial charge in [-0.15, -0.1) is 0 Å². The second-order valence-corrected chi connectivity index (χ2v) is 7.25. The van der Waals surface area contributed by atoms with Gasteiger partial charge in [0.25, 0.3) is 5.91 Å². The summed E-state index contributed by atoms with van der Waals surface area (Å²) in [5, 5.41) is 6.57. The molecule has 0 spiro atoms. The number of hydrogen-bond acceptors (Lipinski definition) is 6. The molecule has 10 heteroatoms. The Morgan fingerprint density at radius 2 is 2.11 bits per heavy atom. The summed E-state index contributed by atoms with van der Waals surface area (Å²) in [4.78, 5) is 15.5. The van der Waals surface area contributed by atoms with Crippen LogP contribution in [0.5, 0.6) is 0 Å². The monoisotopic (exact) mass is 295 g/mol. The fraction of sp³-hybridized carbons (Fsp3) is 0.750. The number of nitrogens with two attached hydrogens (primary N) is 2. The molecule has 0 bridgehead atoms. The van der Waals surface area contributed by atoms with E-state index in [1.165, 1.54) is 5.01 Å². The number of rotatable bonds is 3. The first kappa shape index (κ1) is 15.4. The van der Waals surface area contributed by atoms with Crippen LogP contribution in [0.4, 0.5) is 0 Å². The highest BCUT2D eigenvalue weighted by Gasteiger charge is 2.34. The minimum atomic E-state index is -3.75. The van der Waals surface area contributed by atoms with Gasteiger partial charge in [-0.25, -0.2) is 19.0 Å². The standard InChI is InChI=1S/C8H17N5O3S2/c1-4(2)5(9)6(14)11-7-13(3)12-8(17-7)18(10,15)16/h4-5,8,12H,9H2,1-3H3,(H2,10,15,16)/t5-,8?/m1/s1. The number of nitrogens with zero attached hydrogens (tertiary/aromatic N) is 2. The fourth-order valence-corrected chi connectivity index (χ4v) is 2.97. The van der Waals surface area contributed by atoms with Crippen LogP contribution < -0.4 is 16.3 Å². The molecule has 0 aromatic rings. The lowest BCUT2D eigenvalue weighted by Gasteiger charge is -2.13. The molecule has 2 atom stereocenters. The van der Waals surface area contributed by atoms with Crippen molar-refractivity contribution in [1.82, 2.24) is 10.4 Å². The zero-order chi connectivity index (χ0) is 14.1. The molecule has 1 rings (SSSR count). The van der Waals surface area contributed by atoms with E-state index in [2.05, 4.69) is 10.4 Å². The molecule has 0 radical (unpaired) electrons. The number of aliphatic imine (C=N–C) groups is 1. The minimum Gasteiger partial charge on any atom is -0.320 e. The zero-order valence-electron chi connectivity index (χ0n) is 10.3. The van der Waals surface area contributed by atoms with Crippen LogP contribution in [0, 0.1) is 5.92 Å². The second kappa shape index (κ2) is 5.53. The molecule has 1 amide bonds. The second-order valence-electron chi connectivity index (χ2n) is 4.23. The molecule has 1 aliphatic rings. The molecule has 18 heavy (non-hydrogen) atoms. The Balaban J connectivity index is 2.83. The summed E-state index contributed by atoms with van der Waals surface area (Å²) in [7, 11) is -2.21. The number of nitrogens with one attached hydrogen (secondary N) is 1. The van der Waals surface area contributed by atoms with Gasteiger partial charge in [0.05, 0.1) is 6.04 Å². The minimum absolute atomic E-state index is 0.0412. The van der Waals surface area contributed by atoms with Crippen molar-refractivity contribution in [2.75, 3.05) is 7.05 Å². The van der Waals surface area contributed by atoms with Gasteiger partial charge in [-0.3, -0.25) is 9.80 Å². The van der Waals surface area contributed by atoms with Crippen LogP contribution in [0.3, 0.4) is 0 Å². The lowest BCUT2D eigenvalue weighted by Crippen LogP contribution is -2.41. The van der Waals surface area contributed by atoms with Crippen LogP contribution in [0.2, 0.25) is 0 Å². The van der Waals surface area contributed by atoms with E-state index in [0.717, 1.165) is 11.8 Å². The fourth-order valence-electron chi connectivity index (χ4n) is 1.11. The quantitative estimate of drug-likeness (QED) is 0.584. The Labute approximate surface area is 110 Å². The van der Waals surface area contributed by atoms with Gasteiger partial charge in [0.15, 0.2) is 9.87 Å². The Morgan fingerprint density at radius 1 is 1.56 bits per heavy atom. The maximum atomic E-state index is 11.7. The van der Waals surface area contributed by atoms with E-state index in [1.54, 1.807) is 20.9 Å². The van der Waals surface area contributed by atoms with Crippen LogP contribution in [0.15, 0.2) is 4.99 Å². The highest BCUT2D eigenvalue weighted by atomic mass is 32.3. The van der Waals surface area contributed by atoms with Crippen LogP contribution in [-0.4, -0.2) is 42.3 Å². The van der Waals surface area contributed by atoms with E-state index in [4.69, 9.17) is 10.9 Å². The van der Waals surface area contributed by atoms with E-state index in [9.17, 15) is 13.2 Å². The maximum absolute atomic E-state index is 11.7. The molecule has 1 unspecified atom stereocenters. The van der Waals surface area contributed by atoms with Crippen LogP contribution in [-0.2, 0) is 14.8 Å². The Morgan fingerprint density at radius 3 is 2.50 bits per heavy atom. The normalized spacial score (nSPS) is 24.9. The van der Waals surface area contributed by atoms with Crippen molar-refractivity contribution in [2.45, 2.75) is 24.6 Å². The predicted octanol–water partition coefficient (Wildman–Crippen LogP) is -1.39. The Hall–Kier alpha value is -0.680. The summed E-state index contributed by atoms with van der Waals surface area (Å²) in [6.07, 6.45) is 0. The number of primary sulfonamides is 1. The van der Waals surface area contributed by atoms with E-state index in [0.29, 0.717) is 0 Å². The van der Waals surface area contributed by atoms with Crippen LogP contribution >= 0.6 is 11.8 Å². The van der Waals surface area contributed by atoms with Gasteiger partial charge < -0.3 is 5.73 Å². The van der Waals surface area contributed by atoms with Crippen molar-refractivity contribution in [1.29, 1.82) is 0 Å². The number of hydrazine groups is 1. The lowest BCUT2D eigenvalue weighted by molar-refractivity contribution is -0.119. The van der Waals surface area contributed by atoms with E-state index >= 15 is 0 Å². The topological polar surface area (TPSA) is 131 Å². The zero-order valence-corrected chi connectivity index (χ0v) is 12.0. The van der Waals surface area contributed by atoms with Gasteiger partial charge in [-0.05, 0) is 17.7 Å². The van der Waals surface area contributed by atoms with E-state index in [-0.39, 0.29) is 11.1 Å². The Kier molecular flexibility index (Phi) is 4.72. The number of carbonyl (C=O) groups excluding carboxylic acids is 1. The average Bonchev–Trinajstić information content (AvgIpc) is 2.58. The van der Waals surface area contributed by atoms with Crippen LogP contribution in [0.1, 0.15) is 13.8 Å². The van der Waals surface area contributed by atoms with Gasteiger partial charge >= 0.3 is 0 Å². The van der Waals surface area contributed by atoms with Gasteiger partial charge in [-0.1, -0.05) is 13.8 Å². The molecule has 5 N–H and O–H groups in total. The van der Waals surface area contributed by atoms with Crippen LogP contribution in [0.25, 0.3) is 0 Å². The summed E-state index contributed by atoms with van der Waals surface area (Å²) in [6.45, 7) is 3.61. The van der Waals surface area contributed by atoms with Crippen molar-refractivity contribution in [3.8, 4) is 0 Å². The highest BCUT2D eigenvalue weighted by molar-refractivity contribution is 8.22. The molecule has 104 valence electrons. The number of sulfonamides is 1. The van der Waals surface area contributed by atoms with Gasteiger partial charge in [0.2, 0.25) is 10.0 Å². The van der Waals surface area contributed by atoms with E-state index in [1.807, 2.05) is 0 Å². The first-order valence-corrected chi connectivity index (χ1v) is 7.68. The molecule has 0 aromatic heterocycles. The van der Waals surface area contributed by atoms with Crippen molar-refractivity contribution < 1.29 is 13.2 Å². The molecule has 0 aliphatic carbocycles. The SMILES string of the molecule is CC(C)[C@@H](N)C(=O)N=C1SC(S(N)(=O)=O)NN1C. The number of thioether (sulfide) groups is 1. The molecule has 0 saturated carbocycles. The van der Waals surface area contributed by atoms with Crippen molar-refractivity contribution in [3.05, 3.63) is 0 Å². The predicted molar refractivity (Wildman–Crippen MR) is 70.6 cm³/mol. The molecule has 0 aromatic carbocycles. The van der Waals surface area contributed by atoms with Gasteiger partial charge in [0, 0.05) is 7.05 Å². The Bertz CT molecular complexity index is 461. The smallest absolute Gasteiger partial charge is 0.265 e. The van der Waals surface area contributed by atoms with E-state index < -0.39 is 26.7 Å². The molecular weight excluding hydrogens is 278 g/mol. The van der Waals surface area contributed by atoms with Gasteiger partial charge in [-0.2, -0.15) is 4.99 Å². The summed E-state index contributed by atoms with van der Waals surface area (Å²) in [5.74, 6) is -0.531. The number of hydrogen-bond donors (Lipinski definition) is 3. The third kappa shape index (κ3) is 3.65. The van der Waals surface area contributed by atoms with Crippen molar-refractivity contribution in [3.63, 3.8) is 0 Å². The average molecular weight is 295 g/mol. The third-order valence-corrected chi connectivity index (χ3v) is 5.00. The molecule has 1 fully saturated rings. The largest absolute Gasteiger partial charge is 0.320 e. The molecule has 1 aliphatic heterocycles. The summed E-state index contributed by atoms with van der Waals surface area (Å²) in [5.41, 5.74) is 8.23. The van der Waals surface area contributed by atoms with Gasteiger partial charge in [0.1, 0.15) is 0 Å². The summed E-state index contributed by atoms with van der Waals surface area (Å²) in [6, 6.07) is -0.708. The summed E-state index contributed by atoms with van der Waals surface area (Å²) < 4.78 is 21.3. The first-order chi connectivity index (χ1) is 8.12. The van der Waals surface area contributed by atoms with Crippen molar-refractivity contribution in [2.24, 2.45) is 21.8 Å².